The molecule has 2 aromatic rings. The number of aromatic nitrogens is 2. The number of imidazole rings is 1. The zero-order chi connectivity index (χ0) is 11.4. The fourth-order valence-electron chi connectivity index (χ4n) is 1.56. The second kappa shape index (κ2) is 4.67. The number of nitrogens with zero attached hydrogens (tertiary/aromatic N) is 2. The van der Waals surface area contributed by atoms with Crippen molar-refractivity contribution in [2.24, 2.45) is 7.05 Å². The molecule has 0 unspecified atom stereocenters. The first-order chi connectivity index (χ1) is 7.81. The van der Waals surface area contributed by atoms with E-state index < -0.39 is 0 Å². The Morgan fingerprint density at radius 3 is 2.75 bits per heavy atom. The van der Waals surface area contributed by atoms with Crippen LogP contribution < -0.4 is 0 Å². The molecule has 0 saturated heterocycles. The Morgan fingerprint density at radius 2 is 2.06 bits per heavy atom. The lowest BCUT2D eigenvalue weighted by Crippen LogP contribution is -1.89. The third-order valence-electron chi connectivity index (χ3n) is 2.54. The summed E-state index contributed by atoms with van der Waals surface area (Å²) in [6.07, 6.45) is 4.55. The Hall–Kier alpha value is -2.01. The molecule has 2 heteroatoms. The van der Waals surface area contributed by atoms with E-state index >= 15 is 0 Å². The minimum absolute atomic E-state index is 0.936. The number of rotatable bonds is 1. The van der Waals surface area contributed by atoms with E-state index in [0.717, 1.165) is 17.7 Å². The highest BCUT2D eigenvalue weighted by Crippen LogP contribution is 2.07. The van der Waals surface area contributed by atoms with Crippen LogP contribution in [-0.4, -0.2) is 9.55 Å². The lowest BCUT2D eigenvalue weighted by Gasteiger charge is -1.99. The third-order valence-corrected chi connectivity index (χ3v) is 2.54. The molecule has 2 rings (SSSR count). The molecular weight excluding hydrogens is 196 g/mol. The van der Waals surface area contributed by atoms with Gasteiger partial charge in [0.2, 0.25) is 0 Å². The largest absolute Gasteiger partial charge is 0.327 e. The van der Waals surface area contributed by atoms with Gasteiger partial charge in [0.1, 0.15) is 5.69 Å². The molecule has 0 aliphatic carbocycles. The van der Waals surface area contributed by atoms with E-state index in [1.54, 1.807) is 12.5 Å². The number of hydrogen-bond acceptors (Lipinski definition) is 1. The van der Waals surface area contributed by atoms with Crippen LogP contribution in [0.4, 0.5) is 0 Å². The quantitative estimate of drug-likeness (QED) is 0.661. The van der Waals surface area contributed by atoms with Gasteiger partial charge in [0.15, 0.2) is 0 Å². The first-order valence-electron chi connectivity index (χ1n) is 5.37. The van der Waals surface area contributed by atoms with Crippen LogP contribution in [0.15, 0.2) is 36.8 Å². The molecule has 0 fully saturated rings. The molecule has 0 radical (unpaired) electrons. The number of aryl methyl sites for hydroxylation is 2. The fraction of sp³-hybridized carbons (Fsp3) is 0.214. The Kier molecular flexibility index (Phi) is 3.07. The molecule has 0 saturated carbocycles. The first kappa shape index (κ1) is 10.5. The maximum absolute atomic E-state index is 4.04. The summed E-state index contributed by atoms with van der Waals surface area (Å²) in [5.74, 6) is 6.33. The molecule has 1 aromatic carbocycles. The standard InChI is InChI=1S/C14H14N2/c1-3-12-6-4-5-7-13(12)8-9-14-10-15-11-16(14)2/h4-7,10-11H,3H2,1-2H3. The van der Waals surface area contributed by atoms with E-state index in [1.165, 1.54) is 5.56 Å². The molecule has 0 aliphatic heterocycles. The normalized spacial score (nSPS) is 9.62. The minimum atomic E-state index is 0.936. The van der Waals surface area contributed by atoms with Crippen LogP contribution in [0.1, 0.15) is 23.7 Å². The van der Waals surface area contributed by atoms with Gasteiger partial charge in [0.05, 0.1) is 12.5 Å². The van der Waals surface area contributed by atoms with Gasteiger partial charge in [-0.25, -0.2) is 4.98 Å². The van der Waals surface area contributed by atoms with Crippen molar-refractivity contribution in [2.75, 3.05) is 0 Å². The highest BCUT2D eigenvalue weighted by Gasteiger charge is 1.96. The molecule has 80 valence electrons. The van der Waals surface area contributed by atoms with Gasteiger partial charge in [0, 0.05) is 12.6 Å². The van der Waals surface area contributed by atoms with E-state index in [0.29, 0.717) is 0 Å². The highest BCUT2D eigenvalue weighted by molar-refractivity contribution is 5.44. The van der Waals surface area contributed by atoms with Crippen molar-refractivity contribution in [1.29, 1.82) is 0 Å². The Bertz CT molecular complexity index is 541. The van der Waals surface area contributed by atoms with Gasteiger partial charge in [-0.1, -0.05) is 31.0 Å². The van der Waals surface area contributed by atoms with Gasteiger partial charge in [-0.2, -0.15) is 0 Å². The van der Waals surface area contributed by atoms with Crippen molar-refractivity contribution in [3.8, 4) is 11.8 Å². The molecule has 0 N–H and O–H groups in total. The minimum Gasteiger partial charge on any atom is -0.327 e. The molecular formula is C14H14N2. The average Bonchev–Trinajstić information content (AvgIpc) is 2.72. The van der Waals surface area contributed by atoms with E-state index in [9.17, 15) is 0 Å². The summed E-state index contributed by atoms with van der Waals surface area (Å²) < 4.78 is 1.92. The van der Waals surface area contributed by atoms with Gasteiger partial charge in [-0.05, 0) is 24.0 Å². The summed E-state index contributed by atoms with van der Waals surface area (Å²) in [6.45, 7) is 2.14. The molecule has 0 amide bonds. The van der Waals surface area contributed by atoms with Gasteiger partial charge in [0.25, 0.3) is 0 Å². The summed E-state index contributed by atoms with van der Waals surface area (Å²) >= 11 is 0. The monoisotopic (exact) mass is 210 g/mol. The van der Waals surface area contributed by atoms with Crippen molar-refractivity contribution < 1.29 is 0 Å². The lowest BCUT2D eigenvalue weighted by atomic mass is 10.1. The molecule has 0 bridgehead atoms. The number of benzene rings is 1. The predicted octanol–water partition coefficient (Wildman–Crippen LogP) is 2.38. The summed E-state index contributed by atoms with van der Waals surface area (Å²) in [7, 11) is 1.95. The second-order valence-corrected chi connectivity index (χ2v) is 3.65. The predicted molar refractivity (Wildman–Crippen MR) is 65.0 cm³/mol. The van der Waals surface area contributed by atoms with Crippen LogP contribution in [0.3, 0.4) is 0 Å². The Labute approximate surface area is 96.0 Å². The van der Waals surface area contributed by atoms with Crippen LogP contribution >= 0.6 is 0 Å². The summed E-state index contributed by atoms with van der Waals surface area (Å²) in [5.41, 5.74) is 3.33. The van der Waals surface area contributed by atoms with Gasteiger partial charge in [-0.3, -0.25) is 0 Å². The van der Waals surface area contributed by atoms with Crippen molar-refractivity contribution in [2.45, 2.75) is 13.3 Å². The summed E-state index contributed by atoms with van der Waals surface area (Å²) in [4.78, 5) is 4.04. The second-order valence-electron chi connectivity index (χ2n) is 3.65. The molecule has 0 aliphatic rings. The van der Waals surface area contributed by atoms with Crippen LogP contribution in [0.2, 0.25) is 0 Å². The maximum atomic E-state index is 4.04. The Morgan fingerprint density at radius 1 is 1.25 bits per heavy atom. The number of hydrogen-bond donors (Lipinski definition) is 0. The molecule has 1 aromatic heterocycles. The lowest BCUT2D eigenvalue weighted by molar-refractivity contribution is 0.899. The third kappa shape index (κ3) is 2.14. The van der Waals surface area contributed by atoms with Crippen molar-refractivity contribution in [3.05, 3.63) is 53.6 Å². The zero-order valence-electron chi connectivity index (χ0n) is 9.57. The zero-order valence-corrected chi connectivity index (χ0v) is 9.57. The van der Waals surface area contributed by atoms with Crippen LogP contribution in [0, 0.1) is 11.8 Å². The van der Waals surface area contributed by atoms with Gasteiger partial charge < -0.3 is 4.57 Å². The molecule has 0 spiro atoms. The van der Waals surface area contributed by atoms with Gasteiger partial charge >= 0.3 is 0 Å². The topological polar surface area (TPSA) is 17.8 Å². The summed E-state index contributed by atoms with van der Waals surface area (Å²) in [6, 6.07) is 8.25. The van der Waals surface area contributed by atoms with E-state index in [4.69, 9.17) is 0 Å². The summed E-state index contributed by atoms with van der Waals surface area (Å²) in [5, 5.41) is 0. The van der Waals surface area contributed by atoms with Crippen LogP contribution in [0.5, 0.6) is 0 Å². The van der Waals surface area contributed by atoms with E-state index in [-0.39, 0.29) is 0 Å². The van der Waals surface area contributed by atoms with Crippen molar-refractivity contribution in [1.82, 2.24) is 9.55 Å². The van der Waals surface area contributed by atoms with Crippen LogP contribution in [-0.2, 0) is 13.5 Å². The van der Waals surface area contributed by atoms with Crippen molar-refractivity contribution in [3.63, 3.8) is 0 Å². The average molecular weight is 210 g/mol. The van der Waals surface area contributed by atoms with Gasteiger partial charge in [-0.15, -0.1) is 0 Å². The molecule has 16 heavy (non-hydrogen) atoms. The maximum Gasteiger partial charge on any atom is 0.112 e. The smallest absolute Gasteiger partial charge is 0.112 e. The van der Waals surface area contributed by atoms with Crippen molar-refractivity contribution >= 4 is 0 Å². The SMILES string of the molecule is CCc1ccccc1C#Cc1cncn1C. The molecule has 2 nitrogen and oxygen atoms in total. The van der Waals surface area contributed by atoms with E-state index in [1.807, 2.05) is 23.7 Å². The molecule has 1 heterocycles. The Balaban J connectivity index is 2.34. The molecule has 0 atom stereocenters. The first-order valence-corrected chi connectivity index (χ1v) is 5.37. The fourth-order valence-corrected chi connectivity index (χ4v) is 1.56. The highest BCUT2D eigenvalue weighted by atomic mass is 15.0. The van der Waals surface area contributed by atoms with Crippen LogP contribution in [0.25, 0.3) is 0 Å². The van der Waals surface area contributed by atoms with E-state index in [2.05, 4.69) is 35.9 Å².